The maximum Gasteiger partial charge on any atom is 0.223 e. The molecule has 1 unspecified atom stereocenters. The van der Waals surface area contributed by atoms with Gasteiger partial charge in [-0.05, 0) is 12.0 Å². The van der Waals surface area contributed by atoms with E-state index in [0.717, 1.165) is 12.8 Å². The summed E-state index contributed by atoms with van der Waals surface area (Å²) < 4.78 is 11.9. The largest absolute Gasteiger partial charge is 0.474 e. The maximum atomic E-state index is 12.1. The molecule has 0 saturated carbocycles. The lowest BCUT2D eigenvalue weighted by atomic mass is 9.84. The van der Waals surface area contributed by atoms with Crippen LogP contribution in [0.1, 0.15) is 33.1 Å². The van der Waals surface area contributed by atoms with E-state index in [1.165, 1.54) is 0 Å². The lowest BCUT2D eigenvalue weighted by molar-refractivity contribution is -0.193. The van der Waals surface area contributed by atoms with Crippen molar-refractivity contribution in [2.45, 2.75) is 44.8 Å². The van der Waals surface area contributed by atoms with E-state index in [1.54, 1.807) is 6.20 Å². The molecule has 5 heteroatoms. The van der Waals surface area contributed by atoms with Gasteiger partial charge in [0.25, 0.3) is 0 Å². The Balaban J connectivity index is 1.53. The van der Waals surface area contributed by atoms with Gasteiger partial charge in [0.1, 0.15) is 11.7 Å². The second kappa shape index (κ2) is 6.24. The lowest BCUT2D eigenvalue weighted by Crippen LogP contribution is -2.67. The van der Waals surface area contributed by atoms with Gasteiger partial charge in [-0.2, -0.15) is 0 Å². The number of pyridine rings is 1. The van der Waals surface area contributed by atoms with E-state index >= 15 is 0 Å². The van der Waals surface area contributed by atoms with Crippen molar-refractivity contribution in [2.24, 2.45) is 5.92 Å². The number of hydrogen-bond acceptors (Lipinski definition) is 4. The Kier molecular flexibility index (Phi) is 4.34. The zero-order valence-corrected chi connectivity index (χ0v) is 13.3. The van der Waals surface area contributed by atoms with E-state index in [0.29, 0.717) is 37.9 Å². The van der Waals surface area contributed by atoms with Crippen LogP contribution in [0.4, 0.5) is 0 Å². The molecule has 0 bridgehead atoms. The van der Waals surface area contributed by atoms with Crippen molar-refractivity contribution in [3.05, 3.63) is 24.4 Å². The van der Waals surface area contributed by atoms with Gasteiger partial charge in [0.15, 0.2) is 0 Å². The van der Waals surface area contributed by atoms with Crippen molar-refractivity contribution in [3.63, 3.8) is 0 Å². The molecule has 120 valence electrons. The van der Waals surface area contributed by atoms with Crippen LogP contribution in [0.2, 0.25) is 0 Å². The van der Waals surface area contributed by atoms with E-state index in [1.807, 2.05) is 23.1 Å². The molecule has 1 aromatic heterocycles. The molecule has 1 spiro atoms. The highest BCUT2D eigenvalue weighted by Gasteiger charge is 2.49. The third-order valence-electron chi connectivity index (χ3n) is 4.27. The average Bonchev–Trinajstić information content (AvgIpc) is 2.45. The summed E-state index contributed by atoms with van der Waals surface area (Å²) in [5.41, 5.74) is -0.204. The highest BCUT2D eigenvalue weighted by Crippen LogP contribution is 2.36. The van der Waals surface area contributed by atoms with Gasteiger partial charge < -0.3 is 14.4 Å². The molecule has 2 saturated heterocycles. The normalized spacial score (nSPS) is 23.4. The number of carbonyl (C=O) groups is 1. The standard InChI is InChI=1S/C17H24N2O3/c1-13(2)9-16(20)19-11-17(12-19)10-14(6-8-21-17)22-15-5-3-4-7-18-15/h3-5,7,13-14H,6,8-12H2,1-2H3. The topological polar surface area (TPSA) is 51.7 Å². The van der Waals surface area contributed by atoms with Gasteiger partial charge >= 0.3 is 0 Å². The van der Waals surface area contributed by atoms with Crippen LogP contribution < -0.4 is 4.74 Å². The van der Waals surface area contributed by atoms with Gasteiger partial charge in [-0.1, -0.05) is 19.9 Å². The Morgan fingerprint density at radius 3 is 3.00 bits per heavy atom. The number of ether oxygens (including phenoxy) is 2. The Hall–Kier alpha value is -1.62. The number of rotatable bonds is 4. The second-order valence-electron chi connectivity index (χ2n) is 6.78. The molecule has 2 aliphatic rings. The summed E-state index contributed by atoms with van der Waals surface area (Å²) in [4.78, 5) is 18.2. The molecule has 0 radical (unpaired) electrons. The van der Waals surface area contributed by atoms with E-state index < -0.39 is 0 Å². The smallest absolute Gasteiger partial charge is 0.223 e. The highest BCUT2D eigenvalue weighted by molar-refractivity contribution is 5.77. The molecular formula is C17H24N2O3. The molecule has 22 heavy (non-hydrogen) atoms. The molecule has 5 nitrogen and oxygen atoms in total. The summed E-state index contributed by atoms with van der Waals surface area (Å²) in [7, 11) is 0. The first-order valence-corrected chi connectivity index (χ1v) is 8.06. The Morgan fingerprint density at radius 1 is 1.50 bits per heavy atom. The summed E-state index contributed by atoms with van der Waals surface area (Å²) in [5, 5.41) is 0. The Labute approximate surface area is 131 Å². The molecule has 1 aromatic rings. The van der Waals surface area contributed by atoms with Crippen molar-refractivity contribution < 1.29 is 14.3 Å². The number of hydrogen-bond donors (Lipinski definition) is 0. The van der Waals surface area contributed by atoms with E-state index in [-0.39, 0.29) is 17.6 Å². The third-order valence-corrected chi connectivity index (χ3v) is 4.27. The molecule has 1 atom stereocenters. The van der Waals surface area contributed by atoms with Crippen molar-refractivity contribution in [1.82, 2.24) is 9.88 Å². The predicted molar refractivity (Wildman–Crippen MR) is 82.6 cm³/mol. The molecule has 2 aliphatic heterocycles. The van der Waals surface area contributed by atoms with Gasteiger partial charge in [-0.3, -0.25) is 4.79 Å². The fraction of sp³-hybridized carbons (Fsp3) is 0.647. The quantitative estimate of drug-likeness (QED) is 0.856. The van der Waals surface area contributed by atoms with Crippen LogP contribution >= 0.6 is 0 Å². The molecule has 0 aromatic carbocycles. The molecule has 2 fully saturated rings. The summed E-state index contributed by atoms with van der Waals surface area (Å²) in [5.74, 6) is 1.30. The van der Waals surface area contributed by atoms with Crippen molar-refractivity contribution in [2.75, 3.05) is 19.7 Å². The van der Waals surface area contributed by atoms with Crippen molar-refractivity contribution in [1.29, 1.82) is 0 Å². The average molecular weight is 304 g/mol. The maximum absolute atomic E-state index is 12.1. The Bertz CT molecular complexity index is 512. The van der Waals surface area contributed by atoms with Crippen LogP contribution in [0.5, 0.6) is 5.88 Å². The van der Waals surface area contributed by atoms with E-state index in [2.05, 4.69) is 18.8 Å². The molecule has 0 N–H and O–H groups in total. The minimum Gasteiger partial charge on any atom is -0.474 e. The summed E-state index contributed by atoms with van der Waals surface area (Å²) >= 11 is 0. The molecular weight excluding hydrogens is 280 g/mol. The van der Waals surface area contributed by atoms with E-state index in [9.17, 15) is 4.79 Å². The molecule has 0 aliphatic carbocycles. The first-order valence-electron chi connectivity index (χ1n) is 8.06. The lowest BCUT2D eigenvalue weighted by Gasteiger charge is -2.53. The summed E-state index contributed by atoms with van der Waals surface area (Å²) in [6, 6.07) is 5.68. The first-order chi connectivity index (χ1) is 10.6. The van der Waals surface area contributed by atoms with Gasteiger partial charge in [-0.25, -0.2) is 4.98 Å². The fourth-order valence-electron chi connectivity index (χ4n) is 3.20. The van der Waals surface area contributed by atoms with Gasteiger partial charge in [0, 0.05) is 31.5 Å². The van der Waals surface area contributed by atoms with Gasteiger partial charge in [0.05, 0.1) is 19.7 Å². The van der Waals surface area contributed by atoms with Crippen LogP contribution in [0, 0.1) is 5.92 Å². The fourth-order valence-corrected chi connectivity index (χ4v) is 3.20. The first kappa shape index (κ1) is 15.3. The van der Waals surface area contributed by atoms with Crippen LogP contribution in [0.3, 0.4) is 0 Å². The summed E-state index contributed by atoms with van der Waals surface area (Å²) in [6.45, 7) is 6.22. The van der Waals surface area contributed by atoms with Crippen LogP contribution in [0.15, 0.2) is 24.4 Å². The highest BCUT2D eigenvalue weighted by atomic mass is 16.5. The molecule has 1 amide bonds. The third kappa shape index (κ3) is 3.40. The number of carbonyl (C=O) groups excluding carboxylic acids is 1. The number of aromatic nitrogens is 1. The monoisotopic (exact) mass is 304 g/mol. The minimum absolute atomic E-state index is 0.117. The van der Waals surface area contributed by atoms with E-state index in [4.69, 9.17) is 9.47 Å². The minimum atomic E-state index is -0.204. The van der Waals surface area contributed by atoms with Gasteiger partial charge in [-0.15, -0.1) is 0 Å². The zero-order valence-electron chi connectivity index (χ0n) is 13.3. The van der Waals surface area contributed by atoms with Crippen LogP contribution in [-0.2, 0) is 9.53 Å². The molecule has 3 heterocycles. The number of amides is 1. The summed E-state index contributed by atoms with van der Waals surface area (Å²) in [6.07, 6.45) is 4.17. The zero-order chi connectivity index (χ0) is 15.6. The van der Waals surface area contributed by atoms with Crippen LogP contribution in [-0.4, -0.2) is 47.2 Å². The number of nitrogens with zero attached hydrogens (tertiary/aromatic N) is 2. The number of likely N-dealkylation sites (tertiary alicyclic amines) is 1. The molecule has 3 rings (SSSR count). The van der Waals surface area contributed by atoms with Crippen molar-refractivity contribution >= 4 is 5.91 Å². The van der Waals surface area contributed by atoms with Crippen LogP contribution in [0.25, 0.3) is 0 Å². The second-order valence-corrected chi connectivity index (χ2v) is 6.78. The SMILES string of the molecule is CC(C)CC(=O)N1CC2(CC(Oc3ccccn3)CCO2)C1. The van der Waals surface area contributed by atoms with Gasteiger partial charge in [0.2, 0.25) is 11.8 Å². The van der Waals surface area contributed by atoms with Crippen molar-refractivity contribution in [3.8, 4) is 5.88 Å². The predicted octanol–water partition coefficient (Wildman–Crippen LogP) is 2.27. The Morgan fingerprint density at radius 2 is 2.32 bits per heavy atom.